The molecule has 0 saturated heterocycles. The number of fused-ring (bicyclic) bond motifs is 1. The van der Waals surface area contributed by atoms with Gasteiger partial charge in [-0.3, -0.25) is 4.79 Å². The summed E-state index contributed by atoms with van der Waals surface area (Å²) in [4.78, 5) is 25.2. The van der Waals surface area contributed by atoms with E-state index in [0.29, 0.717) is 23.8 Å². The van der Waals surface area contributed by atoms with Crippen molar-refractivity contribution < 1.29 is 14.7 Å². The Balaban J connectivity index is 1.91. The number of carboxylic acid groups (broad SMARTS) is 1. The number of benzene rings is 1. The van der Waals surface area contributed by atoms with E-state index in [1.165, 1.54) is 0 Å². The van der Waals surface area contributed by atoms with Crippen molar-refractivity contribution >= 4 is 23.6 Å². The second-order valence-electron chi connectivity index (χ2n) is 6.09. The van der Waals surface area contributed by atoms with Crippen LogP contribution in [0.25, 0.3) is 0 Å². The fourth-order valence-electron chi connectivity index (χ4n) is 2.47. The number of hydrogen-bond acceptors (Lipinski definition) is 3. The molecule has 120 valence electrons. The zero-order valence-corrected chi connectivity index (χ0v) is 14.0. The normalized spacial score (nSPS) is 14.0. The largest absolute Gasteiger partial charge is 0.478 e. The number of aromatic carboxylic acids is 1. The Morgan fingerprint density at radius 2 is 2.09 bits per heavy atom. The van der Waals surface area contributed by atoms with Gasteiger partial charge in [0, 0.05) is 13.1 Å². The number of hydrogen-bond donors (Lipinski definition) is 1. The molecule has 5 heteroatoms. The molecule has 0 spiro atoms. The quantitative estimate of drug-likeness (QED) is 0.818. The van der Waals surface area contributed by atoms with Crippen LogP contribution in [0.2, 0.25) is 0 Å². The Hall–Kier alpha value is -1.49. The van der Waals surface area contributed by atoms with Crippen LogP contribution in [0.15, 0.2) is 18.2 Å². The molecule has 4 nitrogen and oxygen atoms in total. The standard InChI is InChI=1S/C17H23NO3S/c1-12(2)6-8-22-11-16(19)18-7-5-13-3-4-14(17(20)21)9-15(13)10-18/h3-4,9,12H,5-8,10-11H2,1-2H3,(H,20,21). The van der Waals surface area contributed by atoms with E-state index in [1.807, 2.05) is 11.0 Å². The summed E-state index contributed by atoms with van der Waals surface area (Å²) in [6.07, 6.45) is 1.93. The Morgan fingerprint density at radius 1 is 1.32 bits per heavy atom. The van der Waals surface area contributed by atoms with Gasteiger partial charge in [-0.15, -0.1) is 0 Å². The van der Waals surface area contributed by atoms with Crippen LogP contribution in [-0.2, 0) is 17.8 Å². The summed E-state index contributed by atoms with van der Waals surface area (Å²) in [5, 5.41) is 9.07. The molecule has 0 saturated carbocycles. The summed E-state index contributed by atoms with van der Waals surface area (Å²) in [5.74, 6) is 1.42. The van der Waals surface area contributed by atoms with Gasteiger partial charge in [-0.25, -0.2) is 4.79 Å². The van der Waals surface area contributed by atoms with Crippen LogP contribution in [-0.4, -0.2) is 39.9 Å². The van der Waals surface area contributed by atoms with Gasteiger partial charge in [-0.2, -0.15) is 11.8 Å². The molecule has 2 rings (SSSR count). The molecule has 0 aromatic heterocycles. The highest BCUT2D eigenvalue weighted by atomic mass is 32.2. The highest BCUT2D eigenvalue weighted by Gasteiger charge is 2.21. The van der Waals surface area contributed by atoms with Crippen molar-refractivity contribution in [3.05, 3.63) is 34.9 Å². The van der Waals surface area contributed by atoms with Crippen LogP contribution in [0.1, 0.15) is 41.8 Å². The van der Waals surface area contributed by atoms with Crippen LogP contribution in [0.5, 0.6) is 0 Å². The first-order chi connectivity index (χ1) is 10.5. The van der Waals surface area contributed by atoms with Crippen LogP contribution in [0.4, 0.5) is 0 Å². The lowest BCUT2D eigenvalue weighted by atomic mass is 9.97. The predicted molar refractivity (Wildman–Crippen MR) is 89.3 cm³/mol. The molecule has 0 radical (unpaired) electrons. The van der Waals surface area contributed by atoms with Crippen LogP contribution >= 0.6 is 11.8 Å². The molecule has 0 unspecified atom stereocenters. The van der Waals surface area contributed by atoms with Gasteiger partial charge in [0.25, 0.3) is 0 Å². The van der Waals surface area contributed by atoms with Gasteiger partial charge in [0.05, 0.1) is 11.3 Å². The lowest BCUT2D eigenvalue weighted by molar-refractivity contribution is -0.129. The molecular weight excluding hydrogens is 298 g/mol. The second-order valence-corrected chi connectivity index (χ2v) is 7.19. The van der Waals surface area contributed by atoms with E-state index in [4.69, 9.17) is 5.11 Å². The minimum absolute atomic E-state index is 0.153. The summed E-state index contributed by atoms with van der Waals surface area (Å²) >= 11 is 1.69. The molecule has 1 heterocycles. The zero-order valence-electron chi connectivity index (χ0n) is 13.2. The molecule has 1 amide bonds. The van der Waals surface area contributed by atoms with Crippen molar-refractivity contribution in [2.24, 2.45) is 5.92 Å². The summed E-state index contributed by atoms with van der Waals surface area (Å²) in [5.41, 5.74) is 2.41. The van der Waals surface area contributed by atoms with Crippen molar-refractivity contribution in [2.45, 2.75) is 33.2 Å². The monoisotopic (exact) mass is 321 g/mol. The molecule has 0 aliphatic carbocycles. The fraction of sp³-hybridized carbons (Fsp3) is 0.529. The minimum Gasteiger partial charge on any atom is -0.478 e. The van der Waals surface area contributed by atoms with Gasteiger partial charge in [0.2, 0.25) is 5.91 Å². The minimum atomic E-state index is -0.921. The maximum atomic E-state index is 12.3. The van der Waals surface area contributed by atoms with E-state index in [2.05, 4.69) is 13.8 Å². The Bertz CT molecular complexity index is 557. The molecule has 1 aromatic rings. The van der Waals surface area contributed by atoms with E-state index in [0.717, 1.165) is 36.3 Å². The average Bonchev–Trinajstić information content (AvgIpc) is 2.50. The molecule has 1 aliphatic rings. The number of thioether (sulfide) groups is 1. The number of carbonyl (C=O) groups excluding carboxylic acids is 1. The highest BCUT2D eigenvalue weighted by Crippen LogP contribution is 2.21. The third-order valence-corrected chi connectivity index (χ3v) is 4.86. The van der Waals surface area contributed by atoms with E-state index >= 15 is 0 Å². The lowest BCUT2D eigenvalue weighted by Gasteiger charge is -2.29. The fourth-order valence-corrected chi connectivity index (χ4v) is 3.61. The van der Waals surface area contributed by atoms with Gasteiger partial charge in [-0.1, -0.05) is 19.9 Å². The summed E-state index contributed by atoms with van der Waals surface area (Å²) in [7, 11) is 0. The van der Waals surface area contributed by atoms with E-state index in [-0.39, 0.29) is 5.91 Å². The zero-order chi connectivity index (χ0) is 16.1. The first kappa shape index (κ1) is 16.9. The summed E-state index contributed by atoms with van der Waals surface area (Å²) in [6.45, 7) is 5.62. The third-order valence-electron chi connectivity index (χ3n) is 3.88. The number of amides is 1. The first-order valence-electron chi connectivity index (χ1n) is 7.68. The Kier molecular flexibility index (Phi) is 5.89. The van der Waals surface area contributed by atoms with Crippen LogP contribution in [0, 0.1) is 5.92 Å². The van der Waals surface area contributed by atoms with E-state index in [1.54, 1.807) is 23.9 Å². The van der Waals surface area contributed by atoms with Crippen LogP contribution in [0.3, 0.4) is 0 Å². The van der Waals surface area contributed by atoms with Gasteiger partial charge in [-0.05, 0) is 47.8 Å². The Morgan fingerprint density at radius 3 is 2.77 bits per heavy atom. The molecule has 0 fully saturated rings. The summed E-state index contributed by atoms with van der Waals surface area (Å²) < 4.78 is 0. The molecule has 1 N–H and O–H groups in total. The van der Waals surface area contributed by atoms with Crippen LogP contribution < -0.4 is 0 Å². The Labute approximate surface area is 135 Å². The smallest absolute Gasteiger partial charge is 0.335 e. The van der Waals surface area contributed by atoms with Crippen molar-refractivity contribution in [3.63, 3.8) is 0 Å². The SMILES string of the molecule is CC(C)CCSCC(=O)N1CCc2ccc(C(=O)O)cc2C1. The highest BCUT2D eigenvalue weighted by molar-refractivity contribution is 7.99. The van der Waals surface area contributed by atoms with E-state index in [9.17, 15) is 9.59 Å². The number of carboxylic acids is 1. The van der Waals surface area contributed by atoms with E-state index < -0.39 is 5.97 Å². The topological polar surface area (TPSA) is 57.6 Å². The van der Waals surface area contributed by atoms with Gasteiger partial charge >= 0.3 is 5.97 Å². The van der Waals surface area contributed by atoms with Crippen molar-refractivity contribution in [2.75, 3.05) is 18.1 Å². The average molecular weight is 321 g/mol. The molecule has 0 atom stereocenters. The van der Waals surface area contributed by atoms with Crippen molar-refractivity contribution in [1.29, 1.82) is 0 Å². The molecular formula is C17H23NO3S. The number of rotatable bonds is 6. The number of carbonyl (C=O) groups is 2. The molecule has 1 aliphatic heterocycles. The summed E-state index contributed by atoms with van der Waals surface area (Å²) in [6, 6.07) is 5.21. The van der Waals surface area contributed by atoms with Crippen molar-refractivity contribution in [1.82, 2.24) is 4.90 Å². The van der Waals surface area contributed by atoms with Gasteiger partial charge in [0.1, 0.15) is 0 Å². The van der Waals surface area contributed by atoms with Gasteiger partial charge < -0.3 is 10.0 Å². The van der Waals surface area contributed by atoms with Crippen molar-refractivity contribution in [3.8, 4) is 0 Å². The maximum absolute atomic E-state index is 12.3. The first-order valence-corrected chi connectivity index (χ1v) is 8.83. The molecule has 22 heavy (non-hydrogen) atoms. The number of nitrogens with zero attached hydrogens (tertiary/aromatic N) is 1. The molecule has 1 aromatic carbocycles. The molecule has 0 bridgehead atoms. The predicted octanol–water partition coefficient (Wildman–Crippen LogP) is 3.05. The lowest BCUT2D eigenvalue weighted by Crippen LogP contribution is -2.37. The third kappa shape index (κ3) is 4.50. The van der Waals surface area contributed by atoms with Gasteiger partial charge in [0.15, 0.2) is 0 Å². The second kappa shape index (κ2) is 7.68. The maximum Gasteiger partial charge on any atom is 0.335 e.